The lowest BCUT2D eigenvalue weighted by molar-refractivity contribution is 0.312. The van der Waals surface area contributed by atoms with Crippen LogP contribution < -0.4 is 9.47 Å². The number of para-hydroxylation sites is 1. The lowest BCUT2D eigenvalue weighted by Gasteiger charge is -2.08. The molecular weight excluding hydrogens is 214 g/mol. The minimum atomic E-state index is 0.615. The minimum Gasteiger partial charge on any atom is -0.491 e. The van der Waals surface area contributed by atoms with Crippen LogP contribution in [0.25, 0.3) is 10.9 Å². The van der Waals surface area contributed by atoms with E-state index in [4.69, 9.17) is 9.47 Å². The Kier molecular flexibility index (Phi) is 3.81. The van der Waals surface area contributed by atoms with Gasteiger partial charge in [0.2, 0.25) is 5.88 Å². The average molecular weight is 231 g/mol. The Hall–Kier alpha value is -1.77. The molecule has 1 aromatic heterocycles. The summed E-state index contributed by atoms with van der Waals surface area (Å²) in [5.74, 6) is 1.44. The summed E-state index contributed by atoms with van der Waals surface area (Å²) in [5, 5.41) is 1.07. The second-order valence-electron chi connectivity index (χ2n) is 3.88. The molecule has 0 fully saturated rings. The van der Waals surface area contributed by atoms with Crippen molar-refractivity contribution in [2.75, 3.05) is 13.7 Å². The van der Waals surface area contributed by atoms with E-state index in [1.54, 1.807) is 7.11 Å². The highest BCUT2D eigenvalue weighted by Gasteiger charge is 2.04. The van der Waals surface area contributed by atoms with Gasteiger partial charge in [0, 0.05) is 11.5 Å². The Labute approximate surface area is 101 Å². The molecular formula is C14H17NO2. The van der Waals surface area contributed by atoms with Crippen LogP contribution in [0.4, 0.5) is 0 Å². The predicted molar refractivity (Wildman–Crippen MR) is 68.7 cm³/mol. The summed E-state index contributed by atoms with van der Waals surface area (Å²) in [7, 11) is 1.62. The van der Waals surface area contributed by atoms with Gasteiger partial charge in [-0.1, -0.05) is 25.5 Å². The van der Waals surface area contributed by atoms with E-state index in [-0.39, 0.29) is 0 Å². The van der Waals surface area contributed by atoms with Gasteiger partial charge in [-0.25, -0.2) is 4.98 Å². The zero-order valence-electron chi connectivity index (χ0n) is 10.3. The second-order valence-corrected chi connectivity index (χ2v) is 3.88. The smallest absolute Gasteiger partial charge is 0.213 e. The third-order valence-corrected chi connectivity index (χ3v) is 2.62. The van der Waals surface area contributed by atoms with Gasteiger partial charge in [-0.05, 0) is 18.6 Å². The number of hydrogen-bond donors (Lipinski definition) is 0. The van der Waals surface area contributed by atoms with Crippen molar-refractivity contribution in [3.63, 3.8) is 0 Å². The Bertz CT molecular complexity index is 497. The molecule has 17 heavy (non-hydrogen) atoms. The monoisotopic (exact) mass is 231 g/mol. The summed E-state index contributed by atoms with van der Waals surface area (Å²) < 4.78 is 10.9. The third kappa shape index (κ3) is 2.67. The van der Waals surface area contributed by atoms with Crippen LogP contribution in [0.5, 0.6) is 11.6 Å². The molecule has 2 rings (SSSR count). The molecule has 0 unspecified atom stereocenters. The molecule has 0 saturated carbocycles. The SMILES string of the molecule is CCCCOc1cccc2ccc(OC)nc12. The molecule has 0 aliphatic carbocycles. The quantitative estimate of drug-likeness (QED) is 0.739. The van der Waals surface area contributed by atoms with Gasteiger partial charge in [-0.3, -0.25) is 0 Å². The van der Waals surface area contributed by atoms with E-state index >= 15 is 0 Å². The number of ether oxygens (including phenoxy) is 2. The van der Waals surface area contributed by atoms with Gasteiger partial charge in [0.05, 0.1) is 13.7 Å². The van der Waals surface area contributed by atoms with Crippen LogP contribution in [0.1, 0.15) is 19.8 Å². The van der Waals surface area contributed by atoms with Gasteiger partial charge in [-0.2, -0.15) is 0 Å². The van der Waals surface area contributed by atoms with Crippen molar-refractivity contribution in [3.05, 3.63) is 30.3 Å². The van der Waals surface area contributed by atoms with E-state index in [2.05, 4.69) is 11.9 Å². The summed E-state index contributed by atoms with van der Waals surface area (Å²) in [4.78, 5) is 4.43. The maximum Gasteiger partial charge on any atom is 0.213 e. The fraction of sp³-hybridized carbons (Fsp3) is 0.357. The largest absolute Gasteiger partial charge is 0.491 e. The molecule has 3 nitrogen and oxygen atoms in total. The number of hydrogen-bond acceptors (Lipinski definition) is 3. The Morgan fingerprint density at radius 2 is 2.06 bits per heavy atom. The Balaban J connectivity index is 2.33. The minimum absolute atomic E-state index is 0.615. The van der Waals surface area contributed by atoms with Crippen molar-refractivity contribution in [3.8, 4) is 11.6 Å². The van der Waals surface area contributed by atoms with Crippen molar-refractivity contribution >= 4 is 10.9 Å². The van der Waals surface area contributed by atoms with Crippen LogP contribution >= 0.6 is 0 Å². The molecule has 90 valence electrons. The van der Waals surface area contributed by atoms with Crippen LogP contribution in [-0.2, 0) is 0 Å². The van der Waals surface area contributed by atoms with Gasteiger partial charge in [0.25, 0.3) is 0 Å². The molecule has 0 bridgehead atoms. The van der Waals surface area contributed by atoms with Gasteiger partial charge < -0.3 is 9.47 Å². The summed E-state index contributed by atoms with van der Waals surface area (Å²) in [6.45, 7) is 2.88. The van der Waals surface area contributed by atoms with E-state index < -0.39 is 0 Å². The van der Waals surface area contributed by atoms with Crippen molar-refractivity contribution in [2.24, 2.45) is 0 Å². The number of aromatic nitrogens is 1. The molecule has 1 aromatic carbocycles. The molecule has 3 heteroatoms. The van der Waals surface area contributed by atoms with Crippen LogP contribution in [0.2, 0.25) is 0 Å². The maximum absolute atomic E-state index is 5.74. The molecule has 0 aliphatic heterocycles. The first kappa shape index (κ1) is 11.7. The molecule has 0 amide bonds. The first-order chi connectivity index (χ1) is 8.35. The van der Waals surface area contributed by atoms with Crippen LogP contribution in [0, 0.1) is 0 Å². The standard InChI is InChI=1S/C14H17NO2/c1-3-4-10-17-12-7-5-6-11-8-9-13(16-2)15-14(11)12/h5-9H,3-4,10H2,1-2H3. The third-order valence-electron chi connectivity index (χ3n) is 2.62. The second kappa shape index (κ2) is 5.53. The summed E-state index contributed by atoms with van der Waals surface area (Å²) >= 11 is 0. The first-order valence-corrected chi connectivity index (χ1v) is 5.91. The highest BCUT2D eigenvalue weighted by atomic mass is 16.5. The summed E-state index contributed by atoms with van der Waals surface area (Å²) in [5.41, 5.74) is 0.864. The topological polar surface area (TPSA) is 31.4 Å². The average Bonchev–Trinajstić information content (AvgIpc) is 2.39. The van der Waals surface area contributed by atoms with E-state index in [9.17, 15) is 0 Å². The number of methoxy groups -OCH3 is 1. The highest BCUT2D eigenvalue weighted by Crippen LogP contribution is 2.25. The molecule has 0 saturated heterocycles. The van der Waals surface area contributed by atoms with Crippen molar-refractivity contribution in [1.82, 2.24) is 4.98 Å². The predicted octanol–water partition coefficient (Wildman–Crippen LogP) is 3.42. The fourth-order valence-corrected chi connectivity index (χ4v) is 1.66. The first-order valence-electron chi connectivity index (χ1n) is 5.91. The number of unbranched alkanes of at least 4 members (excludes halogenated alkanes) is 1. The maximum atomic E-state index is 5.74. The Morgan fingerprint density at radius 1 is 1.18 bits per heavy atom. The summed E-state index contributed by atoms with van der Waals surface area (Å²) in [6, 6.07) is 9.81. The number of nitrogens with zero attached hydrogens (tertiary/aromatic N) is 1. The molecule has 2 aromatic rings. The molecule has 0 atom stereocenters. The van der Waals surface area contributed by atoms with E-state index in [1.165, 1.54) is 0 Å². The summed E-state index contributed by atoms with van der Waals surface area (Å²) in [6.07, 6.45) is 2.18. The van der Waals surface area contributed by atoms with Crippen molar-refractivity contribution in [1.29, 1.82) is 0 Å². The fourth-order valence-electron chi connectivity index (χ4n) is 1.66. The number of rotatable bonds is 5. The molecule has 0 aliphatic rings. The number of fused-ring (bicyclic) bond motifs is 1. The number of benzene rings is 1. The van der Waals surface area contributed by atoms with E-state index in [0.717, 1.165) is 36.1 Å². The molecule has 1 heterocycles. The van der Waals surface area contributed by atoms with Crippen LogP contribution in [0.3, 0.4) is 0 Å². The lowest BCUT2D eigenvalue weighted by Crippen LogP contribution is -1.98. The van der Waals surface area contributed by atoms with Gasteiger partial charge in [-0.15, -0.1) is 0 Å². The van der Waals surface area contributed by atoms with Crippen molar-refractivity contribution < 1.29 is 9.47 Å². The van der Waals surface area contributed by atoms with Crippen molar-refractivity contribution in [2.45, 2.75) is 19.8 Å². The van der Waals surface area contributed by atoms with Gasteiger partial charge >= 0.3 is 0 Å². The number of pyridine rings is 1. The normalized spacial score (nSPS) is 10.5. The van der Waals surface area contributed by atoms with E-state index in [0.29, 0.717) is 5.88 Å². The van der Waals surface area contributed by atoms with E-state index in [1.807, 2.05) is 30.3 Å². The lowest BCUT2D eigenvalue weighted by atomic mass is 10.2. The molecule has 0 spiro atoms. The van der Waals surface area contributed by atoms with Crippen LogP contribution in [-0.4, -0.2) is 18.7 Å². The van der Waals surface area contributed by atoms with Gasteiger partial charge in [0.15, 0.2) is 0 Å². The van der Waals surface area contributed by atoms with Crippen LogP contribution in [0.15, 0.2) is 30.3 Å². The Morgan fingerprint density at radius 3 is 2.82 bits per heavy atom. The zero-order valence-corrected chi connectivity index (χ0v) is 10.3. The highest BCUT2D eigenvalue weighted by molar-refractivity contribution is 5.84. The molecule has 0 N–H and O–H groups in total. The van der Waals surface area contributed by atoms with Gasteiger partial charge in [0.1, 0.15) is 11.3 Å². The molecule has 0 radical (unpaired) electrons. The zero-order chi connectivity index (χ0) is 12.1.